The summed E-state index contributed by atoms with van der Waals surface area (Å²) in [7, 11) is 3.99. The third kappa shape index (κ3) is 7.15. The maximum Gasteiger partial charge on any atom is 0.310 e. The number of nitrogens with zero attached hydrogens (tertiary/aromatic N) is 4. The van der Waals surface area contributed by atoms with Gasteiger partial charge in [0.25, 0.3) is 0 Å². The van der Waals surface area contributed by atoms with Crippen molar-refractivity contribution >= 4 is 34.1 Å². The number of rotatable bonds is 12. The van der Waals surface area contributed by atoms with Crippen LogP contribution in [0.5, 0.6) is 5.75 Å². The third-order valence-electron chi connectivity index (χ3n) is 7.04. The van der Waals surface area contributed by atoms with Crippen LogP contribution in [-0.4, -0.2) is 47.9 Å². The van der Waals surface area contributed by atoms with Gasteiger partial charge in [-0.15, -0.1) is 0 Å². The molecule has 9 nitrogen and oxygen atoms in total. The SMILES string of the molecule is CN(C)c1nc(NCC2CCC(CCCC(=O)COc3ccccc3[N+](=O)[O-])CC2)nc2ccccc12. The van der Waals surface area contributed by atoms with Crippen LogP contribution in [0.15, 0.2) is 48.5 Å². The Bertz CT molecular complexity index is 1220. The molecular formula is C28H35N5O4. The molecule has 9 heteroatoms. The number of carbonyl (C=O) groups excluding carboxylic acids is 1. The summed E-state index contributed by atoms with van der Waals surface area (Å²) in [6.07, 6.45) is 6.92. The lowest BCUT2D eigenvalue weighted by Crippen LogP contribution is -2.22. The number of ether oxygens (including phenoxy) is 1. The Morgan fingerprint density at radius 3 is 2.51 bits per heavy atom. The van der Waals surface area contributed by atoms with E-state index in [0.717, 1.165) is 61.8 Å². The quantitative estimate of drug-likeness (QED) is 0.249. The Labute approximate surface area is 217 Å². The van der Waals surface area contributed by atoms with Crippen LogP contribution in [0.3, 0.4) is 0 Å². The topological polar surface area (TPSA) is 110 Å². The van der Waals surface area contributed by atoms with Crippen molar-refractivity contribution in [3.05, 3.63) is 58.6 Å². The van der Waals surface area contributed by atoms with Gasteiger partial charge in [-0.05, 0) is 49.3 Å². The predicted molar refractivity (Wildman–Crippen MR) is 145 cm³/mol. The summed E-state index contributed by atoms with van der Waals surface area (Å²) in [6, 6.07) is 14.2. The first-order valence-electron chi connectivity index (χ1n) is 13.0. The highest BCUT2D eigenvalue weighted by atomic mass is 16.6. The number of fused-ring (bicyclic) bond motifs is 1. The number of benzene rings is 2. The van der Waals surface area contributed by atoms with E-state index in [1.807, 2.05) is 43.3 Å². The van der Waals surface area contributed by atoms with Crippen molar-refractivity contribution in [1.82, 2.24) is 9.97 Å². The average Bonchev–Trinajstić information content (AvgIpc) is 2.91. The fraction of sp³-hybridized carbons (Fsp3) is 0.464. The van der Waals surface area contributed by atoms with E-state index in [1.165, 1.54) is 12.1 Å². The molecule has 196 valence electrons. The molecule has 0 amide bonds. The largest absolute Gasteiger partial charge is 0.479 e. The Kier molecular flexibility index (Phi) is 8.87. The standard InChI is InChI=1S/C28H35N5O4/c1-32(2)27-23-10-3-4-11-24(23)30-28(31-27)29-18-21-16-14-20(15-17-21)8-7-9-22(34)19-37-26-13-6-5-12-25(26)33(35)36/h3-6,10-13,20-21H,7-9,14-19H2,1-2H3,(H,29,30,31). The summed E-state index contributed by atoms with van der Waals surface area (Å²) in [6.45, 7) is 0.731. The van der Waals surface area contributed by atoms with E-state index in [9.17, 15) is 14.9 Å². The lowest BCUT2D eigenvalue weighted by atomic mass is 9.79. The maximum absolute atomic E-state index is 12.2. The van der Waals surface area contributed by atoms with Gasteiger partial charge >= 0.3 is 5.69 Å². The molecule has 0 saturated heterocycles. The smallest absolute Gasteiger partial charge is 0.310 e. The Morgan fingerprint density at radius 2 is 1.76 bits per heavy atom. The zero-order valence-electron chi connectivity index (χ0n) is 21.6. The first-order chi connectivity index (χ1) is 17.9. The first-order valence-corrected chi connectivity index (χ1v) is 13.0. The molecule has 37 heavy (non-hydrogen) atoms. The van der Waals surface area contributed by atoms with E-state index in [4.69, 9.17) is 14.7 Å². The van der Waals surface area contributed by atoms with Crippen molar-refractivity contribution in [2.45, 2.75) is 44.9 Å². The fourth-order valence-electron chi connectivity index (χ4n) is 4.99. The van der Waals surface area contributed by atoms with Crippen LogP contribution in [0.1, 0.15) is 44.9 Å². The molecular weight excluding hydrogens is 470 g/mol. The van der Waals surface area contributed by atoms with E-state index < -0.39 is 4.92 Å². The normalized spacial score (nSPS) is 17.4. The van der Waals surface area contributed by atoms with E-state index in [2.05, 4.69) is 5.32 Å². The van der Waals surface area contributed by atoms with Crippen molar-refractivity contribution in [3.63, 3.8) is 0 Å². The number of hydrogen-bond acceptors (Lipinski definition) is 8. The molecule has 0 spiro atoms. The van der Waals surface area contributed by atoms with Gasteiger partial charge in [0, 0.05) is 38.5 Å². The molecule has 1 heterocycles. The van der Waals surface area contributed by atoms with E-state index in [-0.39, 0.29) is 23.8 Å². The predicted octanol–water partition coefficient (Wildman–Crippen LogP) is 5.64. The van der Waals surface area contributed by atoms with Crippen LogP contribution in [0, 0.1) is 22.0 Å². The molecule has 1 aromatic heterocycles. The van der Waals surface area contributed by atoms with Crippen LogP contribution >= 0.6 is 0 Å². The number of Topliss-reactive ketones (excluding diaryl/α,β-unsaturated/α-hetero) is 1. The van der Waals surface area contributed by atoms with Crippen molar-refractivity contribution in [2.24, 2.45) is 11.8 Å². The van der Waals surface area contributed by atoms with Crippen LogP contribution in [0.25, 0.3) is 10.9 Å². The number of carbonyl (C=O) groups is 1. The molecule has 1 aliphatic carbocycles. The molecule has 0 aliphatic heterocycles. The lowest BCUT2D eigenvalue weighted by Gasteiger charge is -2.28. The van der Waals surface area contributed by atoms with E-state index >= 15 is 0 Å². The van der Waals surface area contributed by atoms with Gasteiger partial charge in [0.05, 0.1) is 10.4 Å². The molecule has 0 atom stereocenters. The first kappa shape index (κ1) is 26.3. The molecule has 2 aromatic carbocycles. The van der Waals surface area contributed by atoms with Crippen LogP contribution in [0.4, 0.5) is 17.5 Å². The van der Waals surface area contributed by atoms with Crippen molar-refractivity contribution < 1.29 is 14.5 Å². The Morgan fingerprint density at radius 1 is 1.05 bits per heavy atom. The van der Waals surface area contributed by atoms with Gasteiger partial charge in [-0.1, -0.05) is 43.5 Å². The summed E-state index contributed by atoms with van der Waals surface area (Å²) in [4.78, 5) is 34.3. The summed E-state index contributed by atoms with van der Waals surface area (Å²) >= 11 is 0. The highest BCUT2D eigenvalue weighted by molar-refractivity contribution is 5.90. The van der Waals surface area contributed by atoms with Gasteiger partial charge in [-0.3, -0.25) is 14.9 Å². The third-order valence-corrected chi connectivity index (χ3v) is 7.04. The van der Waals surface area contributed by atoms with Gasteiger partial charge in [-0.25, -0.2) is 4.98 Å². The van der Waals surface area contributed by atoms with E-state index in [0.29, 0.717) is 24.2 Å². The maximum atomic E-state index is 12.2. The van der Waals surface area contributed by atoms with Gasteiger partial charge in [-0.2, -0.15) is 4.98 Å². The van der Waals surface area contributed by atoms with E-state index in [1.54, 1.807) is 12.1 Å². The number of para-hydroxylation sites is 3. The van der Waals surface area contributed by atoms with Gasteiger partial charge in [0.1, 0.15) is 12.4 Å². The van der Waals surface area contributed by atoms with Gasteiger partial charge < -0.3 is 15.0 Å². The number of anilines is 2. The monoisotopic (exact) mass is 505 g/mol. The summed E-state index contributed by atoms with van der Waals surface area (Å²) in [5.74, 6) is 2.93. The summed E-state index contributed by atoms with van der Waals surface area (Å²) in [5, 5.41) is 15.6. The number of aromatic nitrogens is 2. The molecule has 1 aliphatic rings. The van der Waals surface area contributed by atoms with Gasteiger partial charge in [0.15, 0.2) is 11.5 Å². The molecule has 0 bridgehead atoms. The number of nitro benzene ring substituents is 1. The highest BCUT2D eigenvalue weighted by Gasteiger charge is 2.22. The fourth-order valence-corrected chi connectivity index (χ4v) is 4.99. The van der Waals surface area contributed by atoms with Crippen molar-refractivity contribution in [3.8, 4) is 5.75 Å². The van der Waals surface area contributed by atoms with Crippen LogP contribution < -0.4 is 15.0 Å². The highest BCUT2D eigenvalue weighted by Crippen LogP contribution is 2.32. The molecule has 4 rings (SSSR count). The summed E-state index contributed by atoms with van der Waals surface area (Å²) < 4.78 is 5.41. The van der Waals surface area contributed by atoms with Gasteiger partial charge in [0.2, 0.25) is 5.95 Å². The Hall–Kier alpha value is -3.75. The average molecular weight is 506 g/mol. The molecule has 1 saturated carbocycles. The van der Waals surface area contributed by atoms with Crippen LogP contribution in [-0.2, 0) is 4.79 Å². The minimum absolute atomic E-state index is 0.0245. The molecule has 1 fully saturated rings. The van der Waals surface area contributed by atoms with Crippen molar-refractivity contribution in [1.29, 1.82) is 0 Å². The molecule has 3 aromatic rings. The zero-order valence-corrected chi connectivity index (χ0v) is 21.6. The number of hydrogen-bond donors (Lipinski definition) is 1. The second-order valence-corrected chi connectivity index (χ2v) is 9.99. The second-order valence-electron chi connectivity index (χ2n) is 9.99. The summed E-state index contributed by atoms with van der Waals surface area (Å²) in [5.41, 5.74) is 0.821. The van der Waals surface area contributed by atoms with Crippen LogP contribution in [0.2, 0.25) is 0 Å². The zero-order chi connectivity index (χ0) is 26.2. The number of ketones is 1. The minimum Gasteiger partial charge on any atom is -0.479 e. The second kappa shape index (κ2) is 12.5. The minimum atomic E-state index is -0.498. The number of nitrogens with one attached hydrogen (secondary N) is 1. The van der Waals surface area contributed by atoms with Crippen molar-refractivity contribution in [2.75, 3.05) is 37.5 Å². The lowest BCUT2D eigenvalue weighted by molar-refractivity contribution is -0.385. The molecule has 0 unspecified atom stereocenters. The molecule has 1 N–H and O–H groups in total. The molecule has 0 radical (unpaired) electrons. The Balaban J connectivity index is 1.16. The number of nitro groups is 1.